The lowest BCUT2D eigenvalue weighted by Crippen LogP contribution is -2.03. The summed E-state index contributed by atoms with van der Waals surface area (Å²) in [5.74, 6) is 1.84. The lowest BCUT2D eigenvalue weighted by atomic mass is 10.2. The number of methoxy groups -OCH3 is 1. The van der Waals surface area contributed by atoms with Gasteiger partial charge in [0, 0.05) is 0 Å². The van der Waals surface area contributed by atoms with Crippen LogP contribution in [0.1, 0.15) is 25.0 Å². The van der Waals surface area contributed by atoms with Crippen LogP contribution in [0, 0.1) is 13.8 Å². The van der Waals surface area contributed by atoms with Crippen LogP contribution in [0.2, 0.25) is 0 Å². The van der Waals surface area contributed by atoms with Gasteiger partial charge in [-0.25, -0.2) is 0 Å². The molecule has 1 aliphatic rings. The second-order valence-corrected chi connectivity index (χ2v) is 5.10. The maximum atomic E-state index is 5.46. The maximum absolute atomic E-state index is 5.46. The van der Waals surface area contributed by atoms with Crippen LogP contribution in [0.4, 0.5) is 0 Å². The average Bonchev–Trinajstić information content (AvgIpc) is 3.42. The summed E-state index contributed by atoms with van der Waals surface area (Å²) < 4.78 is 15.5. The summed E-state index contributed by atoms with van der Waals surface area (Å²) in [4.78, 5) is 0. The standard InChI is InChI=1S/C10H12O2.C8H10O.C2H6/c1-8-2-4-9(5-3-8)11-6-10-7-12-10;1-7-3-5-8(9-2)6-4-7;1-2/h2-5,10H,6-7H2,1H3;3-6H,1-2H3;1-2H3. The molecule has 0 aromatic heterocycles. The third-order valence-corrected chi connectivity index (χ3v) is 3.12. The van der Waals surface area contributed by atoms with Crippen LogP contribution >= 0.6 is 0 Å². The van der Waals surface area contributed by atoms with E-state index in [1.807, 2.05) is 62.4 Å². The first-order valence-electron chi connectivity index (χ1n) is 8.09. The minimum absolute atomic E-state index is 0.339. The minimum atomic E-state index is 0.339. The van der Waals surface area contributed by atoms with Crippen LogP contribution in [-0.4, -0.2) is 26.4 Å². The monoisotopic (exact) mass is 316 g/mol. The molecule has 1 fully saturated rings. The summed E-state index contributed by atoms with van der Waals surface area (Å²) in [6.07, 6.45) is 0.339. The Balaban J connectivity index is 0.000000215. The Morgan fingerprint density at radius 1 is 0.870 bits per heavy atom. The van der Waals surface area contributed by atoms with Crippen molar-refractivity contribution in [1.29, 1.82) is 0 Å². The van der Waals surface area contributed by atoms with E-state index in [1.54, 1.807) is 7.11 Å². The fourth-order valence-corrected chi connectivity index (χ4v) is 1.66. The Bertz CT molecular complexity index is 528. The topological polar surface area (TPSA) is 31.0 Å². The van der Waals surface area contributed by atoms with Gasteiger partial charge < -0.3 is 14.2 Å². The van der Waals surface area contributed by atoms with E-state index in [4.69, 9.17) is 14.2 Å². The van der Waals surface area contributed by atoms with Crippen molar-refractivity contribution in [3.8, 4) is 11.5 Å². The minimum Gasteiger partial charge on any atom is -0.497 e. The van der Waals surface area contributed by atoms with Crippen LogP contribution in [0.5, 0.6) is 11.5 Å². The fraction of sp³-hybridized carbons (Fsp3) is 0.400. The molecule has 0 aliphatic carbocycles. The molecule has 1 saturated heterocycles. The summed E-state index contributed by atoms with van der Waals surface area (Å²) in [6.45, 7) is 9.65. The van der Waals surface area contributed by atoms with E-state index < -0.39 is 0 Å². The van der Waals surface area contributed by atoms with Gasteiger partial charge in [-0.3, -0.25) is 0 Å². The third kappa shape index (κ3) is 8.27. The third-order valence-electron chi connectivity index (χ3n) is 3.12. The van der Waals surface area contributed by atoms with E-state index in [0.717, 1.165) is 18.1 Å². The normalized spacial score (nSPS) is 14.6. The number of aryl methyl sites for hydroxylation is 2. The number of hydrogen-bond donors (Lipinski definition) is 0. The molecule has 3 nitrogen and oxygen atoms in total. The largest absolute Gasteiger partial charge is 0.497 e. The highest BCUT2D eigenvalue weighted by molar-refractivity contribution is 5.26. The second kappa shape index (κ2) is 10.7. The van der Waals surface area contributed by atoms with Gasteiger partial charge in [-0.1, -0.05) is 49.2 Å². The van der Waals surface area contributed by atoms with Gasteiger partial charge in [-0.15, -0.1) is 0 Å². The van der Waals surface area contributed by atoms with Crippen molar-refractivity contribution in [2.45, 2.75) is 33.8 Å². The predicted molar refractivity (Wildman–Crippen MR) is 95.5 cm³/mol. The second-order valence-electron chi connectivity index (χ2n) is 5.10. The highest BCUT2D eigenvalue weighted by Gasteiger charge is 2.22. The van der Waals surface area contributed by atoms with E-state index in [0.29, 0.717) is 12.7 Å². The molecule has 126 valence electrons. The fourth-order valence-electron chi connectivity index (χ4n) is 1.66. The number of epoxide rings is 1. The molecule has 1 heterocycles. The van der Waals surface area contributed by atoms with Gasteiger partial charge in [-0.2, -0.15) is 0 Å². The van der Waals surface area contributed by atoms with Crippen molar-refractivity contribution in [1.82, 2.24) is 0 Å². The molecular formula is C20H28O3. The number of hydrogen-bond acceptors (Lipinski definition) is 3. The van der Waals surface area contributed by atoms with Gasteiger partial charge in [0.05, 0.1) is 13.7 Å². The highest BCUT2D eigenvalue weighted by Crippen LogP contribution is 2.15. The molecule has 0 bridgehead atoms. The van der Waals surface area contributed by atoms with Crippen molar-refractivity contribution >= 4 is 0 Å². The van der Waals surface area contributed by atoms with E-state index in [-0.39, 0.29) is 0 Å². The van der Waals surface area contributed by atoms with Gasteiger partial charge in [0.2, 0.25) is 0 Å². The molecule has 3 heteroatoms. The molecule has 1 atom stereocenters. The van der Waals surface area contributed by atoms with Crippen LogP contribution < -0.4 is 9.47 Å². The lowest BCUT2D eigenvalue weighted by molar-refractivity contribution is 0.263. The molecule has 2 aromatic carbocycles. The quantitative estimate of drug-likeness (QED) is 0.759. The van der Waals surface area contributed by atoms with Crippen molar-refractivity contribution in [2.24, 2.45) is 0 Å². The Morgan fingerprint density at radius 2 is 1.30 bits per heavy atom. The first-order valence-corrected chi connectivity index (χ1v) is 8.09. The molecule has 3 rings (SSSR count). The van der Waals surface area contributed by atoms with Crippen molar-refractivity contribution in [2.75, 3.05) is 20.3 Å². The van der Waals surface area contributed by atoms with Crippen LogP contribution in [0.15, 0.2) is 48.5 Å². The Hall–Kier alpha value is -2.00. The summed E-state index contributed by atoms with van der Waals surface area (Å²) in [6, 6.07) is 16.0. The van der Waals surface area contributed by atoms with Crippen molar-refractivity contribution in [3.05, 3.63) is 59.7 Å². The number of ether oxygens (including phenoxy) is 3. The van der Waals surface area contributed by atoms with E-state index in [1.165, 1.54) is 11.1 Å². The highest BCUT2D eigenvalue weighted by atomic mass is 16.6. The molecule has 0 radical (unpaired) electrons. The lowest BCUT2D eigenvalue weighted by Gasteiger charge is -2.03. The summed E-state index contributed by atoms with van der Waals surface area (Å²) in [5, 5.41) is 0. The first kappa shape index (κ1) is 19.0. The average molecular weight is 316 g/mol. The summed E-state index contributed by atoms with van der Waals surface area (Å²) in [5.41, 5.74) is 2.51. The molecular weight excluding hydrogens is 288 g/mol. The van der Waals surface area contributed by atoms with E-state index in [2.05, 4.69) is 13.8 Å². The van der Waals surface area contributed by atoms with Crippen molar-refractivity contribution in [3.63, 3.8) is 0 Å². The Kier molecular flexibility index (Phi) is 8.85. The molecule has 23 heavy (non-hydrogen) atoms. The zero-order valence-electron chi connectivity index (χ0n) is 14.8. The number of benzene rings is 2. The zero-order chi connectivity index (χ0) is 17.1. The molecule has 1 aliphatic heterocycles. The van der Waals surface area contributed by atoms with E-state index >= 15 is 0 Å². The SMILES string of the molecule is CC.COc1ccc(C)cc1.Cc1ccc(OCC2CO2)cc1. The van der Waals surface area contributed by atoms with E-state index in [9.17, 15) is 0 Å². The maximum Gasteiger partial charge on any atom is 0.119 e. The first-order chi connectivity index (χ1) is 11.2. The van der Waals surface area contributed by atoms with Gasteiger partial charge in [0.1, 0.15) is 24.2 Å². The molecule has 2 aromatic rings. The van der Waals surface area contributed by atoms with Crippen molar-refractivity contribution < 1.29 is 14.2 Å². The number of rotatable bonds is 4. The smallest absolute Gasteiger partial charge is 0.119 e. The van der Waals surface area contributed by atoms with Gasteiger partial charge >= 0.3 is 0 Å². The Labute approximate surface area is 140 Å². The van der Waals surface area contributed by atoms with Gasteiger partial charge in [0.15, 0.2) is 0 Å². The zero-order valence-corrected chi connectivity index (χ0v) is 14.8. The predicted octanol–water partition coefficient (Wildman–Crippen LogP) is 4.80. The summed E-state index contributed by atoms with van der Waals surface area (Å²) in [7, 11) is 1.67. The molecule has 0 saturated carbocycles. The summed E-state index contributed by atoms with van der Waals surface area (Å²) >= 11 is 0. The molecule has 0 spiro atoms. The van der Waals surface area contributed by atoms with Crippen LogP contribution in [0.3, 0.4) is 0 Å². The van der Waals surface area contributed by atoms with Crippen LogP contribution in [0.25, 0.3) is 0 Å². The Morgan fingerprint density at radius 3 is 1.70 bits per heavy atom. The molecule has 0 amide bonds. The molecule has 0 N–H and O–H groups in total. The molecule has 1 unspecified atom stereocenters. The van der Waals surface area contributed by atoms with Gasteiger partial charge in [0.25, 0.3) is 0 Å². The van der Waals surface area contributed by atoms with Gasteiger partial charge in [-0.05, 0) is 38.1 Å². The van der Waals surface area contributed by atoms with Crippen LogP contribution in [-0.2, 0) is 4.74 Å².